The van der Waals surface area contributed by atoms with Gasteiger partial charge in [-0.05, 0) is 38.1 Å². The summed E-state index contributed by atoms with van der Waals surface area (Å²) >= 11 is 6.04. The lowest BCUT2D eigenvalue weighted by Crippen LogP contribution is -1.95. The van der Waals surface area contributed by atoms with Crippen LogP contribution in [0.4, 0.5) is 5.69 Å². The summed E-state index contributed by atoms with van der Waals surface area (Å²) in [6.45, 7) is 3.92. The molecule has 0 aliphatic carbocycles. The minimum Gasteiger partial charge on any atom is -0.455 e. The summed E-state index contributed by atoms with van der Waals surface area (Å²) < 4.78 is 5.77. The second-order valence-corrected chi connectivity index (χ2v) is 4.41. The molecule has 0 atom stereocenters. The highest BCUT2D eigenvalue weighted by Crippen LogP contribution is 2.35. The number of hydrogen-bond donors (Lipinski definition) is 1. The molecule has 2 aromatic rings. The van der Waals surface area contributed by atoms with Crippen molar-refractivity contribution in [2.45, 2.75) is 13.8 Å². The first-order valence-electron chi connectivity index (χ1n) is 5.37. The van der Waals surface area contributed by atoms with E-state index in [0.29, 0.717) is 16.5 Å². The van der Waals surface area contributed by atoms with E-state index in [1.807, 2.05) is 38.1 Å². The summed E-state index contributed by atoms with van der Waals surface area (Å²) in [5, 5.41) is 0.654. The van der Waals surface area contributed by atoms with Crippen LogP contribution in [0.15, 0.2) is 36.4 Å². The number of benzene rings is 2. The predicted octanol–water partition coefficient (Wildman–Crippen LogP) is 4.33. The lowest BCUT2D eigenvalue weighted by molar-refractivity contribution is 0.481. The molecule has 0 amide bonds. The van der Waals surface area contributed by atoms with Gasteiger partial charge in [0.25, 0.3) is 0 Å². The SMILES string of the molecule is Cc1ccc(Oc2c(N)ccc(Cl)c2C)cc1. The van der Waals surface area contributed by atoms with Crippen molar-refractivity contribution in [3.05, 3.63) is 52.5 Å². The third kappa shape index (κ3) is 2.53. The molecule has 2 nitrogen and oxygen atoms in total. The van der Waals surface area contributed by atoms with Gasteiger partial charge in [0, 0.05) is 10.6 Å². The Labute approximate surface area is 106 Å². The molecule has 0 radical (unpaired) electrons. The van der Waals surface area contributed by atoms with E-state index in [1.165, 1.54) is 5.56 Å². The van der Waals surface area contributed by atoms with Gasteiger partial charge in [0.1, 0.15) is 5.75 Å². The molecule has 2 rings (SSSR count). The van der Waals surface area contributed by atoms with E-state index >= 15 is 0 Å². The minimum atomic E-state index is 0.590. The van der Waals surface area contributed by atoms with Gasteiger partial charge >= 0.3 is 0 Å². The molecule has 0 fully saturated rings. The largest absolute Gasteiger partial charge is 0.455 e. The van der Waals surface area contributed by atoms with Crippen LogP contribution in [0.3, 0.4) is 0 Å². The van der Waals surface area contributed by atoms with Gasteiger partial charge in [0.15, 0.2) is 5.75 Å². The lowest BCUT2D eigenvalue weighted by atomic mass is 10.2. The van der Waals surface area contributed by atoms with Gasteiger partial charge in [0.05, 0.1) is 5.69 Å². The fourth-order valence-electron chi connectivity index (χ4n) is 1.55. The van der Waals surface area contributed by atoms with Gasteiger partial charge in [-0.1, -0.05) is 29.3 Å². The van der Waals surface area contributed by atoms with E-state index in [9.17, 15) is 0 Å². The summed E-state index contributed by atoms with van der Waals surface area (Å²) in [7, 11) is 0. The average Bonchev–Trinajstić information content (AvgIpc) is 2.32. The van der Waals surface area contributed by atoms with Crippen LogP contribution >= 0.6 is 11.6 Å². The van der Waals surface area contributed by atoms with E-state index in [1.54, 1.807) is 12.1 Å². The summed E-state index contributed by atoms with van der Waals surface area (Å²) in [5.74, 6) is 1.38. The first-order valence-corrected chi connectivity index (χ1v) is 5.75. The Morgan fingerprint density at radius 1 is 1.00 bits per heavy atom. The van der Waals surface area contributed by atoms with Crippen LogP contribution in [0.2, 0.25) is 5.02 Å². The maximum Gasteiger partial charge on any atom is 0.154 e. The van der Waals surface area contributed by atoms with Crippen molar-refractivity contribution in [3.63, 3.8) is 0 Å². The van der Waals surface area contributed by atoms with E-state index < -0.39 is 0 Å². The highest BCUT2D eigenvalue weighted by atomic mass is 35.5. The summed E-state index contributed by atoms with van der Waals surface area (Å²) in [6.07, 6.45) is 0. The molecule has 0 bridgehead atoms. The number of rotatable bonds is 2. The highest BCUT2D eigenvalue weighted by molar-refractivity contribution is 6.31. The van der Waals surface area contributed by atoms with Crippen LogP contribution in [-0.2, 0) is 0 Å². The van der Waals surface area contributed by atoms with Crippen molar-refractivity contribution in [1.29, 1.82) is 0 Å². The second-order valence-electron chi connectivity index (χ2n) is 4.01. The van der Waals surface area contributed by atoms with Crippen LogP contribution < -0.4 is 10.5 Å². The zero-order chi connectivity index (χ0) is 12.4. The molecule has 0 unspecified atom stereocenters. The Morgan fingerprint density at radius 3 is 2.29 bits per heavy atom. The molecule has 0 saturated heterocycles. The molecule has 0 aliphatic heterocycles. The standard InChI is InChI=1S/C14H14ClNO/c1-9-3-5-11(6-4-9)17-14-10(2)12(15)7-8-13(14)16/h3-8H,16H2,1-2H3. The molecule has 3 heteroatoms. The van der Waals surface area contributed by atoms with Crippen molar-refractivity contribution < 1.29 is 4.74 Å². The Morgan fingerprint density at radius 2 is 1.65 bits per heavy atom. The van der Waals surface area contributed by atoms with Crippen LogP contribution in [0.5, 0.6) is 11.5 Å². The molecule has 2 N–H and O–H groups in total. The van der Waals surface area contributed by atoms with Gasteiger partial charge in [-0.25, -0.2) is 0 Å². The van der Waals surface area contributed by atoms with Crippen molar-refractivity contribution in [3.8, 4) is 11.5 Å². The molecule has 0 saturated carbocycles. The fourth-order valence-corrected chi connectivity index (χ4v) is 1.70. The predicted molar refractivity (Wildman–Crippen MR) is 71.9 cm³/mol. The third-order valence-corrected chi connectivity index (χ3v) is 3.02. The zero-order valence-electron chi connectivity index (χ0n) is 9.83. The van der Waals surface area contributed by atoms with Crippen LogP contribution in [0.1, 0.15) is 11.1 Å². The minimum absolute atomic E-state index is 0.590. The van der Waals surface area contributed by atoms with Crippen molar-refractivity contribution >= 4 is 17.3 Å². The maximum absolute atomic E-state index is 6.04. The van der Waals surface area contributed by atoms with Gasteiger partial charge in [-0.2, -0.15) is 0 Å². The molecule has 0 aromatic heterocycles. The Bertz CT molecular complexity index is 535. The summed E-state index contributed by atoms with van der Waals surface area (Å²) in [6, 6.07) is 11.3. The quantitative estimate of drug-likeness (QED) is 0.802. The number of nitrogens with two attached hydrogens (primary N) is 1. The normalized spacial score (nSPS) is 10.3. The van der Waals surface area contributed by atoms with E-state index in [-0.39, 0.29) is 0 Å². The third-order valence-electron chi connectivity index (χ3n) is 2.61. The number of nitrogen functional groups attached to an aromatic ring is 1. The van der Waals surface area contributed by atoms with Crippen molar-refractivity contribution in [1.82, 2.24) is 0 Å². The molecule has 0 aliphatic rings. The van der Waals surface area contributed by atoms with Crippen molar-refractivity contribution in [2.24, 2.45) is 0 Å². The summed E-state index contributed by atoms with van der Waals surface area (Å²) in [5.41, 5.74) is 8.52. The molecule has 0 spiro atoms. The van der Waals surface area contributed by atoms with Gasteiger partial charge in [0.2, 0.25) is 0 Å². The molecule has 2 aromatic carbocycles. The van der Waals surface area contributed by atoms with E-state index in [2.05, 4.69) is 0 Å². The number of ether oxygens (including phenoxy) is 1. The maximum atomic E-state index is 6.04. The fraction of sp³-hybridized carbons (Fsp3) is 0.143. The van der Waals surface area contributed by atoms with Gasteiger partial charge < -0.3 is 10.5 Å². The Kier molecular flexibility index (Phi) is 3.25. The monoisotopic (exact) mass is 247 g/mol. The van der Waals surface area contributed by atoms with E-state index in [4.69, 9.17) is 22.1 Å². The molecule has 88 valence electrons. The first-order chi connectivity index (χ1) is 8.08. The molecular formula is C14H14ClNO. The van der Waals surface area contributed by atoms with Gasteiger partial charge in [-0.3, -0.25) is 0 Å². The van der Waals surface area contributed by atoms with Crippen molar-refractivity contribution in [2.75, 3.05) is 5.73 Å². The van der Waals surface area contributed by atoms with Crippen LogP contribution in [0, 0.1) is 13.8 Å². The number of aryl methyl sites for hydroxylation is 1. The van der Waals surface area contributed by atoms with Crippen LogP contribution in [-0.4, -0.2) is 0 Å². The number of halogens is 1. The average molecular weight is 248 g/mol. The Balaban J connectivity index is 2.36. The Hall–Kier alpha value is -1.67. The topological polar surface area (TPSA) is 35.2 Å². The lowest BCUT2D eigenvalue weighted by Gasteiger charge is -2.12. The molecule has 17 heavy (non-hydrogen) atoms. The smallest absolute Gasteiger partial charge is 0.154 e. The number of anilines is 1. The number of hydrogen-bond acceptors (Lipinski definition) is 2. The molecule has 0 heterocycles. The zero-order valence-corrected chi connectivity index (χ0v) is 10.6. The summed E-state index contributed by atoms with van der Waals surface area (Å²) in [4.78, 5) is 0. The second kappa shape index (κ2) is 4.68. The van der Waals surface area contributed by atoms with Gasteiger partial charge in [-0.15, -0.1) is 0 Å². The highest BCUT2D eigenvalue weighted by Gasteiger charge is 2.09. The first kappa shape index (κ1) is 11.8. The van der Waals surface area contributed by atoms with Crippen LogP contribution in [0.25, 0.3) is 0 Å². The van der Waals surface area contributed by atoms with E-state index in [0.717, 1.165) is 11.3 Å². The molecular weight excluding hydrogens is 234 g/mol.